The number of allylic oxidation sites excluding steroid dienone is 2. The van der Waals surface area contributed by atoms with Gasteiger partial charge in [0.1, 0.15) is 0 Å². The highest BCUT2D eigenvalue weighted by atomic mass is 32.2. The van der Waals surface area contributed by atoms with Crippen molar-refractivity contribution in [2.75, 3.05) is 26.7 Å². The highest BCUT2D eigenvalue weighted by Crippen LogP contribution is 2.17. The minimum atomic E-state index is -3.41. The third kappa shape index (κ3) is 5.26. The first-order valence-electron chi connectivity index (χ1n) is 7.89. The number of amides is 2. The number of hydrogen-bond donors (Lipinski definition) is 3. The lowest BCUT2D eigenvalue weighted by Gasteiger charge is -2.32. The first-order valence-corrected chi connectivity index (χ1v) is 9.37. The number of carbonyl (C=O) groups is 1. The molecule has 2 rings (SSSR count). The molecule has 2 aliphatic rings. The quantitative estimate of drug-likeness (QED) is 0.644. The molecule has 2 amide bonds. The fourth-order valence-corrected chi connectivity index (χ4v) is 3.66. The Labute approximate surface area is 132 Å². The van der Waals surface area contributed by atoms with Crippen molar-refractivity contribution in [3.63, 3.8) is 0 Å². The van der Waals surface area contributed by atoms with Gasteiger partial charge < -0.3 is 10.2 Å². The van der Waals surface area contributed by atoms with Crippen molar-refractivity contribution in [2.24, 2.45) is 5.92 Å². The van der Waals surface area contributed by atoms with Crippen LogP contribution < -0.4 is 14.8 Å². The fraction of sp³-hybridized carbons (Fsp3) is 0.786. The van der Waals surface area contributed by atoms with Crippen LogP contribution in [0.4, 0.5) is 4.79 Å². The molecule has 0 spiro atoms. The van der Waals surface area contributed by atoms with E-state index in [1.165, 1.54) is 7.05 Å². The normalized spacial score (nSPS) is 23.5. The van der Waals surface area contributed by atoms with Gasteiger partial charge in [0.25, 0.3) is 10.2 Å². The van der Waals surface area contributed by atoms with Crippen molar-refractivity contribution in [1.29, 1.82) is 0 Å². The van der Waals surface area contributed by atoms with Gasteiger partial charge in [-0.2, -0.15) is 13.1 Å². The lowest BCUT2D eigenvalue weighted by Crippen LogP contribution is -2.51. The number of piperidine rings is 1. The molecule has 8 heteroatoms. The smallest absolute Gasteiger partial charge is 0.317 e. The number of rotatable bonds is 5. The van der Waals surface area contributed by atoms with Crippen molar-refractivity contribution in [3.8, 4) is 0 Å². The summed E-state index contributed by atoms with van der Waals surface area (Å²) in [6.45, 7) is 1.87. The van der Waals surface area contributed by atoms with Gasteiger partial charge in [0.05, 0.1) is 0 Å². The fourth-order valence-electron chi connectivity index (χ4n) is 2.86. The molecule has 0 unspecified atom stereocenters. The maximum atomic E-state index is 12.1. The van der Waals surface area contributed by atoms with E-state index in [2.05, 4.69) is 26.9 Å². The summed E-state index contributed by atoms with van der Waals surface area (Å²) in [5.74, 6) is 0.536. The van der Waals surface area contributed by atoms with Gasteiger partial charge in [-0.1, -0.05) is 12.2 Å². The molecule has 3 N–H and O–H groups in total. The van der Waals surface area contributed by atoms with Crippen LogP contribution >= 0.6 is 0 Å². The summed E-state index contributed by atoms with van der Waals surface area (Å²) in [4.78, 5) is 13.9. The van der Waals surface area contributed by atoms with Crippen LogP contribution in [-0.2, 0) is 10.2 Å². The van der Waals surface area contributed by atoms with Crippen molar-refractivity contribution in [3.05, 3.63) is 12.2 Å². The molecule has 1 saturated heterocycles. The van der Waals surface area contributed by atoms with E-state index >= 15 is 0 Å². The van der Waals surface area contributed by atoms with Crippen molar-refractivity contribution >= 4 is 16.2 Å². The van der Waals surface area contributed by atoms with E-state index in [0.717, 1.165) is 25.8 Å². The molecular weight excluding hydrogens is 304 g/mol. The average molecular weight is 330 g/mol. The molecule has 1 aliphatic carbocycles. The number of nitrogens with one attached hydrogen (secondary N) is 3. The molecule has 0 aromatic heterocycles. The van der Waals surface area contributed by atoms with E-state index in [1.54, 1.807) is 4.90 Å². The first-order chi connectivity index (χ1) is 10.5. The summed E-state index contributed by atoms with van der Waals surface area (Å²) in [5, 5.41) is 3.00. The third-order valence-electron chi connectivity index (χ3n) is 4.29. The second-order valence-electron chi connectivity index (χ2n) is 5.92. The van der Waals surface area contributed by atoms with E-state index in [0.29, 0.717) is 31.8 Å². The molecule has 0 bridgehead atoms. The van der Waals surface area contributed by atoms with Gasteiger partial charge in [-0.05, 0) is 38.0 Å². The monoisotopic (exact) mass is 330 g/mol. The standard InChI is InChI=1S/C14H26N4O3S/c1-15-22(20,21)17-13-7-9-18(10-8-13)14(19)16-11-12-5-3-2-4-6-12/h2-3,12-13,15,17H,4-11H2,1H3,(H,16,19)/t12-/m1/s1. The molecule has 1 heterocycles. The van der Waals surface area contributed by atoms with Crippen molar-refractivity contribution in [1.82, 2.24) is 19.7 Å². The van der Waals surface area contributed by atoms with Gasteiger partial charge in [0.15, 0.2) is 0 Å². The number of likely N-dealkylation sites (tertiary alicyclic amines) is 1. The highest BCUT2D eigenvalue weighted by Gasteiger charge is 2.25. The summed E-state index contributed by atoms with van der Waals surface area (Å²) in [6.07, 6.45) is 8.91. The zero-order valence-electron chi connectivity index (χ0n) is 13.0. The van der Waals surface area contributed by atoms with Gasteiger partial charge >= 0.3 is 6.03 Å². The molecule has 0 aromatic carbocycles. The van der Waals surface area contributed by atoms with E-state index < -0.39 is 10.2 Å². The van der Waals surface area contributed by atoms with Gasteiger partial charge in [0, 0.05) is 32.7 Å². The van der Waals surface area contributed by atoms with Gasteiger partial charge in [-0.3, -0.25) is 0 Å². The number of carbonyl (C=O) groups excluding carboxylic acids is 1. The Morgan fingerprint density at radius 3 is 2.55 bits per heavy atom. The molecular formula is C14H26N4O3S. The predicted octanol–water partition coefficient (Wildman–Crippen LogP) is 0.571. The third-order valence-corrected chi connectivity index (χ3v) is 5.47. The molecule has 1 atom stereocenters. The number of hydrogen-bond acceptors (Lipinski definition) is 3. The molecule has 0 aromatic rings. The van der Waals surface area contributed by atoms with Gasteiger partial charge in [-0.25, -0.2) is 9.52 Å². The second kappa shape index (κ2) is 7.94. The highest BCUT2D eigenvalue weighted by molar-refractivity contribution is 7.87. The van der Waals surface area contributed by atoms with E-state index in [9.17, 15) is 13.2 Å². The maximum absolute atomic E-state index is 12.1. The Bertz CT molecular complexity index is 498. The Morgan fingerprint density at radius 2 is 1.95 bits per heavy atom. The van der Waals surface area contributed by atoms with E-state index in [-0.39, 0.29) is 12.1 Å². The summed E-state index contributed by atoms with van der Waals surface area (Å²) in [5.41, 5.74) is 0. The summed E-state index contributed by atoms with van der Waals surface area (Å²) in [6, 6.07) is -0.144. The summed E-state index contributed by atoms with van der Waals surface area (Å²) < 4.78 is 27.7. The molecule has 126 valence electrons. The topological polar surface area (TPSA) is 90.5 Å². The minimum absolute atomic E-state index is 0.0375. The molecule has 0 radical (unpaired) electrons. The second-order valence-corrected chi connectivity index (χ2v) is 7.57. The zero-order valence-corrected chi connectivity index (χ0v) is 13.9. The Balaban J connectivity index is 1.69. The van der Waals surface area contributed by atoms with Crippen molar-refractivity contribution in [2.45, 2.75) is 38.1 Å². The summed E-state index contributed by atoms with van der Waals surface area (Å²) in [7, 11) is -2.03. The Kier molecular flexibility index (Phi) is 6.22. The zero-order chi connectivity index (χ0) is 16.0. The van der Waals surface area contributed by atoms with Crippen molar-refractivity contribution < 1.29 is 13.2 Å². The lowest BCUT2D eigenvalue weighted by atomic mass is 9.94. The lowest BCUT2D eigenvalue weighted by molar-refractivity contribution is 0.178. The van der Waals surface area contributed by atoms with Gasteiger partial charge in [0.2, 0.25) is 0 Å². The minimum Gasteiger partial charge on any atom is -0.338 e. The molecule has 0 saturated carbocycles. The number of nitrogens with zero attached hydrogens (tertiary/aromatic N) is 1. The Morgan fingerprint density at radius 1 is 1.23 bits per heavy atom. The number of urea groups is 1. The molecule has 22 heavy (non-hydrogen) atoms. The van der Waals surface area contributed by atoms with E-state index in [1.807, 2.05) is 0 Å². The van der Waals surface area contributed by atoms with Crippen LogP contribution in [0.25, 0.3) is 0 Å². The van der Waals surface area contributed by atoms with Crippen LogP contribution in [-0.4, -0.2) is 52.1 Å². The molecule has 7 nitrogen and oxygen atoms in total. The molecule has 1 fully saturated rings. The average Bonchev–Trinajstić information content (AvgIpc) is 2.54. The summed E-state index contributed by atoms with van der Waals surface area (Å²) >= 11 is 0. The van der Waals surface area contributed by atoms with Crippen LogP contribution in [0, 0.1) is 5.92 Å². The SMILES string of the molecule is CNS(=O)(=O)NC1CCN(C(=O)NC[C@@H]2CC=CCC2)CC1. The van der Waals surface area contributed by atoms with Gasteiger partial charge in [-0.15, -0.1) is 0 Å². The predicted molar refractivity (Wildman–Crippen MR) is 85.6 cm³/mol. The van der Waals surface area contributed by atoms with Crippen LogP contribution in [0.1, 0.15) is 32.1 Å². The largest absolute Gasteiger partial charge is 0.338 e. The van der Waals surface area contributed by atoms with Crippen LogP contribution in [0.2, 0.25) is 0 Å². The van der Waals surface area contributed by atoms with E-state index in [4.69, 9.17) is 0 Å². The molecule has 1 aliphatic heterocycles. The first kappa shape index (κ1) is 17.2. The van der Waals surface area contributed by atoms with Crippen LogP contribution in [0.5, 0.6) is 0 Å². The van der Waals surface area contributed by atoms with Crippen LogP contribution in [0.15, 0.2) is 12.2 Å². The maximum Gasteiger partial charge on any atom is 0.317 e. The Hall–Kier alpha value is -1.12. The van der Waals surface area contributed by atoms with Crippen LogP contribution in [0.3, 0.4) is 0 Å².